The van der Waals surface area contributed by atoms with Gasteiger partial charge in [-0.2, -0.15) is 9.97 Å². The third-order valence-corrected chi connectivity index (χ3v) is 1.72. The molecule has 0 radical (unpaired) electrons. The Balaban J connectivity index is 2.57. The van der Waals surface area contributed by atoms with Crippen LogP contribution in [0, 0.1) is 6.92 Å². The van der Waals surface area contributed by atoms with E-state index in [-0.39, 0.29) is 5.41 Å². The molecule has 0 N–H and O–H groups in total. The maximum absolute atomic E-state index is 5.44. The van der Waals surface area contributed by atoms with E-state index in [9.17, 15) is 0 Å². The standard InChI is InChI=1S/C9H12N2O2/c1-5-10-6-7(12-5)11-8(13-6)9(2,3)4/h1-4H3. The Morgan fingerprint density at radius 2 is 1.62 bits per heavy atom. The molecule has 4 nitrogen and oxygen atoms in total. The highest BCUT2D eigenvalue weighted by Gasteiger charge is 2.23. The third-order valence-electron chi connectivity index (χ3n) is 1.72. The minimum absolute atomic E-state index is 0.100. The van der Waals surface area contributed by atoms with Crippen LogP contribution in [0.1, 0.15) is 32.6 Å². The lowest BCUT2D eigenvalue weighted by molar-refractivity contribution is 0.404. The Morgan fingerprint density at radius 1 is 1.00 bits per heavy atom. The largest absolute Gasteiger partial charge is 0.420 e. The van der Waals surface area contributed by atoms with Crippen molar-refractivity contribution in [1.29, 1.82) is 0 Å². The molecule has 0 aliphatic carbocycles. The van der Waals surface area contributed by atoms with Crippen LogP contribution in [0.2, 0.25) is 0 Å². The van der Waals surface area contributed by atoms with Crippen molar-refractivity contribution in [2.45, 2.75) is 33.1 Å². The molecule has 0 atom stereocenters. The average Bonchev–Trinajstić information content (AvgIpc) is 2.40. The van der Waals surface area contributed by atoms with Crippen LogP contribution in [-0.2, 0) is 5.41 Å². The van der Waals surface area contributed by atoms with Crippen LogP contribution >= 0.6 is 0 Å². The van der Waals surface area contributed by atoms with Gasteiger partial charge in [-0.25, -0.2) is 0 Å². The molecule has 70 valence electrons. The van der Waals surface area contributed by atoms with Crippen molar-refractivity contribution in [3.63, 3.8) is 0 Å². The fourth-order valence-electron chi connectivity index (χ4n) is 1.06. The Labute approximate surface area is 76.0 Å². The molecule has 2 rings (SSSR count). The molecular formula is C9H12N2O2. The fraction of sp³-hybridized carbons (Fsp3) is 0.556. The molecule has 0 bridgehead atoms. The summed E-state index contributed by atoms with van der Waals surface area (Å²) in [6.07, 6.45) is 0. The van der Waals surface area contributed by atoms with E-state index in [2.05, 4.69) is 9.97 Å². The second-order valence-corrected chi connectivity index (χ2v) is 4.11. The van der Waals surface area contributed by atoms with Gasteiger partial charge in [0.25, 0.3) is 11.4 Å². The maximum atomic E-state index is 5.44. The second-order valence-electron chi connectivity index (χ2n) is 4.11. The van der Waals surface area contributed by atoms with Crippen molar-refractivity contribution < 1.29 is 8.83 Å². The molecule has 0 saturated carbocycles. The van der Waals surface area contributed by atoms with E-state index in [0.29, 0.717) is 23.2 Å². The van der Waals surface area contributed by atoms with Crippen LogP contribution in [0.3, 0.4) is 0 Å². The lowest BCUT2D eigenvalue weighted by Gasteiger charge is -2.11. The first-order chi connectivity index (χ1) is 5.97. The van der Waals surface area contributed by atoms with Gasteiger partial charge in [-0.3, -0.25) is 0 Å². The van der Waals surface area contributed by atoms with Gasteiger partial charge < -0.3 is 8.83 Å². The highest BCUT2D eigenvalue weighted by molar-refractivity contribution is 5.60. The van der Waals surface area contributed by atoms with Crippen LogP contribution in [0.4, 0.5) is 0 Å². The Morgan fingerprint density at radius 3 is 2.15 bits per heavy atom. The summed E-state index contributed by atoms with van der Waals surface area (Å²) in [7, 11) is 0. The van der Waals surface area contributed by atoms with Crippen molar-refractivity contribution in [2.24, 2.45) is 0 Å². The second kappa shape index (κ2) is 2.34. The normalized spacial score (nSPS) is 12.6. The summed E-state index contributed by atoms with van der Waals surface area (Å²) in [6.45, 7) is 7.87. The van der Waals surface area contributed by atoms with Crippen LogP contribution in [0.15, 0.2) is 8.83 Å². The monoisotopic (exact) mass is 180 g/mol. The third kappa shape index (κ3) is 1.32. The summed E-state index contributed by atoms with van der Waals surface area (Å²) in [5, 5.41) is 0. The minimum Gasteiger partial charge on any atom is -0.420 e. The molecule has 0 aliphatic rings. The van der Waals surface area contributed by atoms with Crippen molar-refractivity contribution in [3.8, 4) is 0 Å². The highest BCUT2D eigenvalue weighted by Crippen LogP contribution is 2.25. The van der Waals surface area contributed by atoms with Crippen molar-refractivity contribution in [1.82, 2.24) is 9.97 Å². The van der Waals surface area contributed by atoms with Gasteiger partial charge in [0.2, 0.25) is 5.89 Å². The van der Waals surface area contributed by atoms with E-state index < -0.39 is 0 Å². The van der Waals surface area contributed by atoms with E-state index in [4.69, 9.17) is 8.83 Å². The van der Waals surface area contributed by atoms with E-state index in [1.165, 1.54) is 0 Å². The maximum Gasteiger partial charge on any atom is 0.288 e. The number of aryl methyl sites for hydroxylation is 1. The highest BCUT2D eigenvalue weighted by atomic mass is 16.4. The van der Waals surface area contributed by atoms with E-state index in [1.54, 1.807) is 6.92 Å². The molecule has 2 aromatic heterocycles. The summed E-state index contributed by atoms with van der Waals surface area (Å²) in [6, 6.07) is 0. The van der Waals surface area contributed by atoms with Crippen molar-refractivity contribution in [2.75, 3.05) is 0 Å². The summed E-state index contributed by atoms with van der Waals surface area (Å²) < 4.78 is 10.7. The molecular weight excluding hydrogens is 168 g/mol. The number of hydrogen-bond acceptors (Lipinski definition) is 4. The van der Waals surface area contributed by atoms with Gasteiger partial charge in [-0.05, 0) is 0 Å². The number of hydrogen-bond donors (Lipinski definition) is 0. The minimum atomic E-state index is -0.100. The van der Waals surface area contributed by atoms with Crippen molar-refractivity contribution in [3.05, 3.63) is 11.8 Å². The molecule has 0 amide bonds. The number of aromatic nitrogens is 2. The molecule has 0 saturated heterocycles. The molecule has 0 spiro atoms. The Bertz CT molecular complexity index is 402. The molecule has 0 fully saturated rings. The number of rotatable bonds is 0. The van der Waals surface area contributed by atoms with Gasteiger partial charge >= 0.3 is 0 Å². The molecule has 0 unspecified atom stereocenters. The summed E-state index contributed by atoms with van der Waals surface area (Å²) in [4.78, 5) is 8.26. The number of oxazole rings is 2. The molecule has 0 aliphatic heterocycles. The Hall–Kier alpha value is -1.32. The lowest BCUT2D eigenvalue weighted by Crippen LogP contribution is -2.11. The average molecular weight is 180 g/mol. The first-order valence-corrected chi connectivity index (χ1v) is 4.21. The van der Waals surface area contributed by atoms with Crippen LogP contribution < -0.4 is 0 Å². The molecule has 13 heavy (non-hydrogen) atoms. The Kier molecular flexibility index (Phi) is 1.49. The van der Waals surface area contributed by atoms with Gasteiger partial charge in [0.05, 0.1) is 0 Å². The van der Waals surface area contributed by atoms with Crippen LogP contribution in [0.25, 0.3) is 11.4 Å². The summed E-state index contributed by atoms with van der Waals surface area (Å²) >= 11 is 0. The zero-order valence-electron chi connectivity index (χ0n) is 8.21. The fourth-order valence-corrected chi connectivity index (χ4v) is 1.06. The van der Waals surface area contributed by atoms with Gasteiger partial charge in [0, 0.05) is 12.3 Å². The predicted molar refractivity (Wildman–Crippen MR) is 47.5 cm³/mol. The number of fused-ring (bicyclic) bond motifs is 1. The molecule has 4 heteroatoms. The van der Waals surface area contributed by atoms with Gasteiger partial charge in [0.15, 0.2) is 5.89 Å². The van der Waals surface area contributed by atoms with Gasteiger partial charge in [-0.15, -0.1) is 0 Å². The van der Waals surface area contributed by atoms with Gasteiger partial charge in [0.1, 0.15) is 0 Å². The zero-order chi connectivity index (χ0) is 9.64. The first kappa shape index (κ1) is 8.29. The van der Waals surface area contributed by atoms with Crippen LogP contribution in [-0.4, -0.2) is 9.97 Å². The lowest BCUT2D eigenvalue weighted by atomic mass is 9.97. The van der Waals surface area contributed by atoms with Crippen molar-refractivity contribution >= 4 is 11.4 Å². The smallest absolute Gasteiger partial charge is 0.288 e. The predicted octanol–water partition coefficient (Wildman–Crippen LogP) is 2.42. The summed E-state index contributed by atoms with van der Waals surface area (Å²) in [5.41, 5.74) is 0.877. The topological polar surface area (TPSA) is 52.1 Å². The molecule has 2 aromatic rings. The quantitative estimate of drug-likeness (QED) is 0.624. The zero-order valence-corrected chi connectivity index (χ0v) is 8.21. The first-order valence-electron chi connectivity index (χ1n) is 4.21. The number of nitrogens with zero attached hydrogens (tertiary/aromatic N) is 2. The van der Waals surface area contributed by atoms with E-state index in [0.717, 1.165) is 0 Å². The van der Waals surface area contributed by atoms with Crippen LogP contribution in [0.5, 0.6) is 0 Å². The van der Waals surface area contributed by atoms with E-state index >= 15 is 0 Å². The SMILES string of the molecule is Cc1nc2oc(C(C)(C)C)nc2o1. The molecule has 0 aromatic carbocycles. The van der Waals surface area contributed by atoms with E-state index in [1.807, 2.05) is 20.8 Å². The molecule has 2 heterocycles. The summed E-state index contributed by atoms with van der Waals surface area (Å²) in [5.74, 6) is 1.25. The van der Waals surface area contributed by atoms with Gasteiger partial charge in [-0.1, -0.05) is 20.8 Å².